The van der Waals surface area contributed by atoms with Gasteiger partial charge in [0.25, 0.3) is 0 Å². The smallest absolute Gasteiger partial charge is 0.220 e. The van der Waals surface area contributed by atoms with Crippen molar-refractivity contribution in [1.29, 1.82) is 0 Å². The standard InChI is InChI=1S/C28H40N2O3/c1-20(2)26(29-27(32)14-11-22-9-12-25(33-5)13-10-22)19-30-16-15-28(4,21(3)18-30)23-7-6-8-24(31)17-23/h6-10,12-13,17,20-21,26,31H,11,14-16,18-19H2,1-5H3,(H,29,32)/t21-,26+,28+/m0/s1. The molecule has 180 valence electrons. The largest absolute Gasteiger partial charge is 0.508 e. The van der Waals surface area contributed by atoms with Crippen LogP contribution < -0.4 is 10.1 Å². The second kappa shape index (κ2) is 11.1. The molecule has 0 aromatic heterocycles. The highest BCUT2D eigenvalue weighted by Crippen LogP contribution is 2.40. The van der Waals surface area contributed by atoms with E-state index in [0.717, 1.165) is 43.8 Å². The third-order valence-electron chi connectivity index (χ3n) is 7.48. The van der Waals surface area contributed by atoms with Crippen LogP contribution in [0.5, 0.6) is 11.5 Å². The molecular formula is C28H40N2O3. The summed E-state index contributed by atoms with van der Waals surface area (Å²) < 4.78 is 5.20. The number of phenols is 1. The summed E-state index contributed by atoms with van der Waals surface area (Å²) >= 11 is 0. The number of phenolic OH excluding ortho intramolecular Hbond substituents is 1. The van der Waals surface area contributed by atoms with Gasteiger partial charge in [-0.05, 0) is 72.0 Å². The molecule has 1 fully saturated rings. The maximum absolute atomic E-state index is 12.7. The molecule has 2 N–H and O–H groups in total. The zero-order chi connectivity index (χ0) is 24.0. The van der Waals surface area contributed by atoms with E-state index >= 15 is 0 Å². The number of likely N-dealkylation sites (tertiary alicyclic amines) is 1. The molecule has 33 heavy (non-hydrogen) atoms. The molecule has 0 radical (unpaired) electrons. The van der Waals surface area contributed by atoms with E-state index in [1.165, 1.54) is 5.56 Å². The van der Waals surface area contributed by atoms with Crippen LogP contribution >= 0.6 is 0 Å². The zero-order valence-electron chi connectivity index (χ0n) is 20.8. The van der Waals surface area contributed by atoms with Crippen LogP contribution in [0.15, 0.2) is 48.5 Å². The second-order valence-electron chi connectivity index (χ2n) is 10.1. The van der Waals surface area contributed by atoms with Gasteiger partial charge in [-0.3, -0.25) is 4.79 Å². The maximum Gasteiger partial charge on any atom is 0.220 e. The van der Waals surface area contributed by atoms with Gasteiger partial charge in [0.2, 0.25) is 5.91 Å². The van der Waals surface area contributed by atoms with Gasteiger partial charge >= 0.3 is 0 Å². The molecular weight excluding hydrogens is 412 g/mol. The van der Waals surface area contributed by atoms with Gasteiger partial charge in [0.05, 0.1) is 7.11 Å². The van der Waals surface area contributed by atoms with Crippen molar-refractivity contribution in [3.63, 3.8) is 0 Å². The first kappa shape index (κ1) is 25.1. The maximum atomic E-state index is 12.7. The predicted octanol–water partition coefficient (Wildman–Crippen LogP) is 4.77. The summed E-state index contributed by atoms with van der Waals surface area (Å²) in [4.78, 5) is 15.2. The fourth-order valence-corrected chi connectivity index (χ4v) is 4.80. The quantitative estimate of drug-likeness (QED) is 0.575. The van der Waals surface area contributed by atoms with Crippen molar-refractivity contribution in [3.8, 4) is 11.5 Å². The summed E-state index contributed by atoms with van der Waals surface area (Å²) in [5.74, 6) is 2.09. The third kappa shape index (κ3) is 6.50. The lowest BCUT2D eigenvalue weighted by molar-refractivity contribution is -0.122. The molecule has 1 aliphatic rings. The van der Waals surface area contributed by atoms with Gasteiger partial charge in [-0.1, -0.05) is 52.0 Å². The number of nitrogens with zero attached hydrogens (tertiary/aromatic N) is 1. The summed E-state index contributed by atoms with van der Waals surface area (Å²) in [5.41, 5.74) is 2.40. The summed E-state index contributed by atoms with van der Waals surface area (Å²) in [6, 6.07) is 15.7. The fourth-order valence-electron chi connectivity index (χ4n) is 4.80. The first-order valence-electron chi connectivity index (χ1n) is 12.2. The molecule has 5 nitrogen and oxygen atoms in total. The number of carbonyl (C=O) groups excluding carboxylic acids is 1. The van der Waals surface area contributed by atoms with Crippen molar-refractivity contribution in [2.45, 2.75) is 58.4 Å². The highest BCUT2D eigenvalue weighted by molar-refractivity contribution is 5.76. The Bertz CT molecular complexity index is 912. The minimum atomic E-state index is 0.0458. The van der Waals surface area contributed by atoms with Gasteiger partial charge in [0, 0.05) is 25.6 Å². The Hall–Kier alpha value is -2.53. The third-order valence-corrected chi connectivity index (χ3v) is 7.48. The lowest BCUT2D eigenvalue weighted by Gasteiger charge is -2.46. The number of ether oxygens (including phenoxy) is 1. The van der Waals surface area contributed by atoms with Gasteiger partial charge in [-0.2, -0.15) is 0 Å². The molecule has 0 saturated carbocycles. The number of methoxy groups -OCH3 is 1. The number of piperidine rings is 1. The summed E-state index contributed by atoms with van der Waals surface area (Å²) in [5, 5.41) is 13.2. The first-order chi connectivity index (χ1) is 15.7. The molecule has 1 amide bonds. The van der Waals surface area contributed by atoms with Crippen molar-refractivity contribution < 1.29 is 14.6 Å². The normalized spacial score (nSPS) is 22.2. The van der Waals surface area contributed by atoms with Gasteiger partial charge in [-0.15, -0.1) is 0 Å². The van der Waals surface area contributed by atoms with Crippen molar-refractivity contribution in [1.82, 2.24) is 10.2 Å². The van der Waals surface area contributed by atoms with Crippen molar-refractivity contribution in [3.05, 3.63) is 59.7 Å². The highest BCUT2D eigenvalue weighted by atomic mass is 16.5. The molecule has 0 aliphatic carbocycles. The molecule has 1 saturated heterocycles. The van der Waals surface area contributed by atoms with Gasteiger partial charge in [0.15, 0.2) is 0 Å². The molecule has 3 rings (SSSR count). The van der Waals surface area contributed by atoms with Crippen LogP contribution in [-0.4, -0.2) is 48.7 Å². The van der Waals surface area contributed by atoms with Crippen LogP contribution in [0.1, 0.15) is 51.7 Å². The van der Waals surface area contributed by atoms with Gasteiger partial charge < -0.3 is 20.1 Å². The lowest BCUT2D eigenvalue weighted by Crippen LogP contribution is -2.53. The molecule has 5 heteroatoms. The molecule has 0 unspecified atom stereocenters. The van der Waals surface area contributed by atoms with Crippen molar-refractivity contribution in [2.75, 3.05) is 26.7 Å². The topological polar surface area (TPSA) is 61.8 Å². The van der Waals surface area contributed by atoms with E-state index in [9.17, 15) is 9.90 Å². The predicted molar refractivity (Wildman–Crippen MR) is 134 cm³/mol. The molecule has 2 aromatic carbocycles. The SMILES string of the molecule is COc1ccc(CCC(=O)N[C@H](CN2CC[C@@](C)(c3cccc(O)c3)[C@@H](C)C2)C(C)C)cc1. The lowest BCUT2D eigenvalue weighted by atomic mass is 9.68. The van der Waals surface area contributed by atoms with Crippen LogP contribution in [0.2, 0.25) is 0 Å². The number of aryl methyl sites for hydroxylation is 1. The van der Waals surface area contributed by atoms with Gasteiger partial charge in [0.1, 0.15) is 11.5 Å². The van der Waals surface area contributed by atoms with E-state index in [4.69, 9.17) is 4.74 Å². The number of carbonyl (C=O) groups is 1. The Morgan fingerprint density at radius 2 is 1.97 bits per heavy atom. The highest BCUT2D eigenvalue weighted by Gasteiger charge is 2.38. The molecule has 0 spiro atoms. The van der Waals surface area contributed by atoms with Crippen LogP contribution in [0.3, 0.4) is 0 Å². The van der Waals surface area contributed by atoms with Crippen molar-refractivity contribution in [2.24, 2.45) is 11.8 Å². The molecule has 2 aromatic rings. The average molecular weight is 453 g/mol. The van der Waals surface area contributed by atoms with E-state index < -0.39 is 0 Å². The van der Waals surface area contributed by atoms with E-state index in [-0.39, 0.29) is 17.4 Å². The second-order valence-corrected chi connectivity index (χ2v) is 10.1. The number of amides is 1. The molecule has 1 aliphatic heterocycles. The first-order valence-corrected chi connectivity index (χ1v) is 12.2. The summed E-state index contributed by atoms with van der Waals surface area (Å²) in [7, 11) is 1.66. The van der Waals surface area contributed by atoms with Crippen LogP contribution in [-0.2, 0) is 16.6 Å². The number of hydrogen-bond donors (Lipinski definition) is 2. The van der Waals surface area contributed by atoms with Gasteiger partial charge in [-0.25, -0.2) is 0 Å². The Morgan fingerprint density at radius 3 is 2.58 bits per heavy atom. The Morgan fingerprint density at radius 1 is 1.24 bits per heavy atom. The molecule has 1 heterocycles. The minimum Gasteiger partial charge on any atom is -0.508 e. The molecule has 0 bridgehead atoms. The van der Waals surface area contributed by atoms with E-state index in [0.29, 0.717) is 24.0 Å². The van der Waals surface area contributed by atoms with E-state index in [2.05, 4.69) is 44.0 Å². The van der Waals surface area contributed by atoms with Crippen LogP contribution in [0.4, 0.5) is 0 Å². The Kier molecular flexibility index (Phi) is 8.41. The van der Waals surface area contributed by atoms with E-state index in [1.54, 1.807) is 13.2 Å². The number of rotatable bonds is 9. The minimum absolute atomic E-state index is 0.0458. The summed E-state index contributed by atoms with van der Waals surface area (Å²) in [6.45, 7) is 11.8. The monoisotopic (exact) mass is 452 g/mol. The Labute approximate surface area is 199 Å². The molecule has 3 atom stereocenters. The number of benzene rings is 2. The number of nitrogens with one attached hydrogen (secondary N) is 1. The Balaban J connectivity index is 1.53. The fraction of sp³-hybridized carbons (Fsp3) is 0.536. The van der Waals surface area contributed by atoms with Crippen molar-refractivity contribution >= 4 is 5.91 Å². The number of aromatic hydroxyl groups is 1. The number of hydrogen-bond acceptors (Lipinski definition) is 4. The summed E-state index contributed by atoms with van der Waals surface area (Å²) in [6.07, 6.45) is 2.25. The van der Waals surface area contributed by atoms with E-state index in [1.807, 2.05) is 36.4 Å². The van der Waals surface area contributed by atoms with Crippen LogP contribution in [0, 0.1) is 11.8 Å². The average Bonchev–Trinajstić information content (AvgIpc) is 2.80. The zero-order valence-corrected chi connectivity index (χ0v) is 20.8. The van der Waals surface area contributed by atoms with Crippen LogP contribution in [0.25, 0.3) is 0 Å².